The Morgan fingerprint density at radius 3 is 2.57 bits per heavy atom. The molecule has 0 saturated heterocycles. The minimum absolute atomic E-state index is 0.255. The lowest BCUT2D eigenvalue weighted by atomic mass is 10.3. The van der Waals surface area contributed by atoms with Gasteiger partial charge >= 0.3 is 0 Å². The Kier molecular flexibility index (Phi) is 4.19. The van der Waals surface area contributed by atoms with E-state index in [1.165, 1.54) is 0 Å². The van der Waals surface area contributed by atoms with Gasteiger partial charge in [0.25, 0.3) is 0 Å². The highest BCUT2D eigenvalue weighted by Gasteiger charge is 1.97. The summed E-state index contributed by atoms with van der Waals surface area (Å²) in [6, 6.07) is 7.37. The first-order chi connectivity index (χ1) is 6.72. The number of hydrogen-bond acceptors (Lipinski definition) is 3. The highest BCUT2D eigenvalue weighted by Crippen LogP contribution is 2.19. The van der Waals surface area contributed by atoms with Crippen LogP contribution in [0.25, 0.3) is 0 Å². The summed E-state index contributed by atoms with van der Waals surface area (Å²) in [5.74, 6) is 1.50. The summed E-state index contributed by atoms with van der Waals surface area (Å²) < 4.78 is 10.6. The molecule has 0 fully saturated rings. The van der Waals surface area contributed by atoms with Crippen molar-refractivity contribution in [2.75, 3.05) is 13.2 Å². The van der Waals surface area contributed by atoms with E-state index in [4.69, 9.17) is 27.4 Å². The average Bonchev–Trinajstić information content (AvgIpc) is 2.16. The van der Waals surface area contributed by atoms with Crippen molar-refractivity contribution in [3.05, 3.63) is 24.3 Å². The molecule has 1 rings (SSSR count). The Bertz CT molecular complexity index is 315. The van der Waals surface area contributed by atoms with Crippen molar-refractivity contribution in [3.8, 4) is 11.5 Å². The molecule has 0 radical (unpaired) electrons. The molecular formula is C10H13NO2S. The van der Waals surface area contributed by atoms with Gasteiger partial charge in [0.05, 0.1) is 6.61 Å². The summed E-state index contributed by atoms with van der Waals surface area (Å²) in [5.41, 5.74) is 5.31. The molecule has 76 valence electrons. The number of thiocarbonyl (C=S) groups is 1. The molecule has 0 aliphatic heterocycles. The molecule has 0 saturated carbocycles. The highest BCUT2D eigenvalue weighted by atomic mass is 32.1. The fourth-order valence-electron chi connectivity index (χ4n) is 0.975. The van der Waals surface area contributed by atoms with Crippen LogP contribution in [0.4, 0.5) is 0 Å². The zero-order valence-corrected chi connectivity index (χ0v) is 8.84. The van der Waals surface area contributed by atoms with Gasteiger partial charge in [-0.2, -0.15) is 0 Å². The van der Waals surface area contributed by atoms with Gasteiger partial charge in [0.15, 0.2) is 0 Å². The van der Waals surface area contributed by atoms with E-state index < -0.39 is 0 Å². The normalized spacial score (nSPS) is 9.50. The van der Waals surface area contributed by atoms with Crippen LogP contribution in [0.3, 0.4) is 0 Å². The minimum Gasteiger partial charge on any atom is -0.494 e. The third kappa shape index (κ3) is 3.62. The van der Waals surface area contributed by atoms with Crippen LogP contribution in [0.15, 0.2) is 24.3 Å². The molecule has 3 nitrogen and oxygen atoms in total. The van der Waals surface area contributed by atoms with E-state index in [1.54, 1.807) is 0 Å². The summed E-state index contributed by atoms with van der Waals surface area (Å²) in [6.45, 7) is 2.83. The topological polar surface area (TPSA) is 44.5 Å². The van der Waals surface area contributed by atoms with E-state index in [2.05, 4.69) is 0 Å². The summed E-state index contributed by atoms with van der Waals surface area (Å²) in [5, 5.41) is 0. The Hall–Kier alpha value is -1.29. The van der Waals surface area contributed by atoms with Gasteiger partial charge in [-0.05, 0) is 19.1 Å². The molecule has 0 spiro atoms. The first kappa shape index (κ1) is 10.8. The fraction of sp³-hybridized carbons (Fsp3) is 0.300. The number of hydrogen-bond donors (Lipinski definition) is 1. The smallest absolute Gasteiger partial charge is 0.138 e. The van der Waals surface area contributed by atoms with Gasteiger partial charge < -0.3 is 15.2 Å². The Balaban J connectivity index is 2.58. The van der Waals surface area contributed by atoms with Crippen LogP contribution < -0.4 is 15.2 Å². The molecule has 0 aromatic heterocycles. The third-order valence-corrected chi connectivity index (χ3v) is 1.62. The zero-order chi connectivity index (χ0) is 10.4. The van der Waals surface area contributed by atoms with E-state index in [0.29, 0.717) is 17.3 Å². The number of nitrogens with two attached hydrogens (primary N) is 1. The highest BCUT2D eigenvalue weighted by molar-refractivity contribution is 7.80. The number of benzene rings is 1. The molecule has 0 heterocycles. The first-order valence-electron chi connectivity index (χ1n) is 4.36. The van der Waals surface area contributed by atoms with E-state index in [0.717, 1.165) is 5.75 Å². The predicted molar refractivity (Wildman–Crippen MR) is 59.9 cm³/mol. The van der Waals surface area contributed by atoms with Gasteiger partial charge in [-0.25, -0.2) is 0 Å². The molecule has 2 N–H and O–H groups in total. The maximum absolute atomic E-state index is 5.31. The van der Waals surface area contributed by atoms with Gasteiger partial charge in [-0.15, -0.1) is 0 Å². The Morgan fingerprint density at radius 1 is 1.36 bits per heavy atom. The second-order valence-corrected chi connectivity index (χ2v) is 3.19. The largest absolute Gasteiger partial charge is 0.494 e. The van der Waals surface area contributed by atoms with Crippen LogP contribution in [0.5, 0.6) is 11.5 Å². The van der Waals surface area contributed by atoms with E-state index in [1.807, 2.05) is 31.2 Å². The summed E-state index contributed by atoms with van der Waals surface area (Å²) in [7, 11) is 0. The van der Waals surface area contributed by atoms with Crippen LogP contribution in [0.2, 0.25) is 0 Å². The lowest BCUT2D eigenvalue weighted by molar-refractivity contribution is 0.333. The van der Waals surface area contributed by atoms with Crippen LogP contribution in [0.1, 0.15) is 6.92 Å². The van der Waals surface area contributed by atoms with Crippen LogP contribution >= 0.6 is 12.2 Å². The SMILES string of the molecule is CCOc1cccc(OCC(N)=S)c1. The van der Waals surface area contributed by atoms with Gasteiger partial charge in [0, 0.05) is 6.07 Å². The van der Waals surface area contributed by atoms with Crippen molar-refractivity contribution >= 4 is 17.2 Å². The van der Waals surface area contributed by atoms with Crippen molar-refractivity contribution in [3.63, 3.8) is 0 Å². The molecule has 0 aliphatic rings. The molecular weight excluding hydrogens is 198 g/mol. The summed E-state index contributed by atoms with van der Waals surface area (Å²) >= 11 is 4.70. The lowest BCUT2D eigenvalue weighted by Gasteiger charge is -2.07. The molecule has 0 amide bonds. The van der Waals surface area contributed by atoms with Gasteiger partial charge in [-0.1, -0.05) is 18.3 Å². The number of rotatable bonds is 5. The van der Waals surface area contributed by atoms with Gasteiger partial charge in [0.1, 0.15) is 23.1 Å². The van der Waals surface area contributed by atoms with E-state index in [-0.39, 0.29) is 6.61 Å². The molecule has 1 aromatic rings. The summed E-state index contributed by atoms with van der Waals surface area (Å²) in [4.78, 5) is 0.340. The van der Waals surface area contributed by atoms with Crippen LogP contribution in [-0.2, 0) is 0 Å². The monoisotopic (exact) mass is 211 g/mol. The molecule has 0 atom stereocenters. The fourth-order valence-corrected chi connectivity index (χ4v) is 1.03. The number of ether oxygens (including phenoxy) is 2. The van der Waals surface area contributed by atoms with Gasteiger partial charge in [0.2, 0.25) is 0 Å². The van der Waals surface area contributed by atoms with E-state index >= 15 is 0 Å². The molecule has 0 unspecified atom stereocenters. The molecule has 14 heavy (non-hydrogen) atoms. The van der Waals surface area contributed by atoms with Crippen molar-refractivity contribution in [1.82, 2.24) is 0 Å². The second kappa shape index (κ2) is 5.44. The molecule has 1 aromatic carbocycles. The molecule has 0 bridgehead atoms. The van der Waals surface area contributed by atoms with Gasteiger partial charge in [-0.3, -0.25) is 0 Å². The zero-order valence-electron chi connectivity index (χ0n) is 8.03. The lowest BCUT2D eigenvalue weighted by Crippen LogP contribution is -2.17. The first-order valence-corrected chi connectivity index (χ1v) is 4.77. The van der Waals surface area contributed by atoms with Crippen LogP contribution in [-0.4, -0.2) is 18.2 Å². The standard InChI is InChI=1S/C10H13NO2S/c1-2-12-8-4-3-5-9(6-8)13-7-10(11)14/h3-6H,2,7H2,1H3,(H2,11,14). The third-order valence-electron chi connectivity index (χ3n) is 1.50. The molecule has 0 aliphatic carbocycles. The van der Waals surface area contributed by atoms with Crippen molar-refractivity contribution in [2.24, 2.45) is 5.73 Å². The maximum Gasteiger partial charge on any atom is 0.138 e. The Morgan fingerprint density at radius 2 is 2.00 bits per heavy atom. The minimum atomic E-state index is 0.255. The quantitative estimate of drug-likeness (QED) is 0.754. The maximum atomic E-state index is 5.31. The molecule has 4 heteroatoms. The predicted octanol–water partition coefficient (Wildman–Crippen LogP) is 1.75. The van der Waals surface area contributed by atoms with Crippen molar-refractivity contribution < 1.29 is 9.47 Å². The summed E-state index contributed by atoms with van der Waals surface area (Å²) in [6.07, 6.45) is 0. The van der Waals surface area contributed by atoms with Crippen LogP contribution in [0, 0.1) is 0 Å². The van der Waals surface area contributed by atoms with Crippen molar-refractivity contribution in [1.29, 1.82) is 0 Å². The average molecular weight is 211 g/mol. The van der Waals surface area contributed by atoms with Crippen molar-refractivity contribution in [2.45, 2.75) is 6.92 Å². The second-order valence-electron chi connectivity index (χ2n) is 2.66. The Labute approximate surface area is 88.8 Å². The van der Waals surface area contributed by atoms with E-state index in [9.17, 15) is 0 Å².